The van der Waals surface area contributed by atoms with Crippen molar-refractivity contribution in [3.63, 3.8) is 0 Å². The maximum atomic E-state index is 6.37. The second-order valence-electron chi connectivity index (χ2n) is 7.05. The molecule has 1 N–H and O–H groups in total. The van der Waals surface area contributed by atoms with Crippen LogP contribution in [0.15, 0.2) is 72.8 Å². The Kier molecular flexibility index (Phi) is 4.66. The van der Waals surface area contributed by atoms with Gasteiger partial charge in [-0.1, -0.05) is 35.9 Å². The Hall–Kier alpha value is -2.95. The Morgan fingerprint density at radius 1 is 0.897 bits per heavy atom. The van der Waals surface area contributed by atoms with E-state index in [1.807, 2.05) is 18.2 Å². The summed E-state index contributed by atoms with van der Waals surface area (Å²) < 4.78 is 1.22. The fourth-order valence-corrected chi connectivity index (χ4v) is 4.63. The van der Waals surface area contributed by atoms with Gasteiger partial charge in [0.05, 0.1) is 15.7 Å². The van der Waals surface area contributed by atoms with Gasteiger partial charge in [-0.15, -0.1) is 11.3 Å². The summed E-state index contributed by atoms with van der Waals surface area (Å²) in [6.07, 6.45) is 0. The lowest BCUT2D eigenvalue weighted by Crippen LogP contribution is -2.01. The summed E-state index contributed by atoms with van der Waals surface area (Å²) in [6, 6.07) is 24.8. The lowest BCUT2D eigenvalue weighted by molar-refractivity contribution is 1.13. The number of para-hydroxylation sites is 1. The van der Waals surface area contributed by atoms with Crippen molar-refractivity contribution in [2.24, 2.45) is 0 Å². The number of nitrogens with one attached hydrogen (secondary N) is 1. The van der Waals surface area contributed by atoms with Crippen LogP contribution < -0.4 is 5.32 Å². The predicted octanol–water partition coefficient (Wildman–Crippen LogP) is 7.09. The number of nitrogens with zero attached hydrogens (tertiary/aromatic N) is 2. The van der Waals surface area contributed by atoms with Crippen molar-refractivity contribution >= 4 is 49.7 Å². The molecule has 0 aliphatic carbocycles. The van der Waals surface area contributed by atoms with E-state index in [1.165, 1.54) is 10.3 Å². The average Bonchev–Trinajstić information content (AvgIpc) is 3.16. The number of rotatable bonds is 4. The minimum atomic E-state index is 0.539. The minimum Gasteiger partial charge on any atom is -0.381 e. The highest BCUT2D eigenvalue weighted by Gasteiger charge is 2.08. The first-order chi connectivity index (χ1) is 14.2. The maximum absolute atomic E-state index is 6.37. The highest BCUT2D eigenvalue weighted by molar-refractivity contribution is 7.21. The molecule has 0 fully saturated rings. The summed E-state index contributed by atoms with van der Waals surface area (Å²) >= 11 is 8.09. The molecule has 0 aliphatic rings. The normalized spacial score (nSPS) is 11.2. The van der Waals surface area contributed by atoms with Gasteiger partial charge in [0, 0.05) is 28.7 Å². The standard InChI is InChI=1S/C24H18ClN3S/c1-15-6-11-21-22(12-15)29-24(28-21)16-7-9-19(10-8-16)26-14-18-13-17-4-2-3-5-20(17)27-23(18)25/h2-13,26H,14H2,1H3. The number of benzene rings is 3. The molecule has 3 aromatic carbocycles. The average molecular weight is 416 g/mol. The lowest BCUT2D eigenvalue weighted by atomic mass is 10.1. The van der Waals surface area contributed by atoms with Gasteiger partial charge in [-0.25, -0.2) is 9.97 Å². The monoisotopic (exact) mass is 415 g/mol. The molecule has 0 atom stereocenters. The van der Waals surface area contributed by atoms with Gasteiger partial charge in [0.25, 0.3) is 0 Å². The van der Waals surface area contributed by atoms with Crippen molar-refractivity contribution in [2.75, 3.05) is 5.32 Å². The maximum Gasteiger partial charge on any atom is 0.134 e. The quantitative estimate of drug-likeness (QED) is 0.318. The number of pyridine rings is 1. The predicted molar refractivity (Wildman–Crippen MR) is 124 cm³/mol. The second-order valence-corrected chi connectivity index (χ2v) is 8.44. The third kappa shape index (κ3) is 3.69. The summed E-state index contributed by atoms with van der Waals surface area (Å²) in [5.74, 6) is 0. The molecule has 0 aliphatic heterocycles. The van der Waals surface area contributed by atoms with Gasteiger partial charge in [-0.2, -0.15) is 0 Å². The van der Waals surface area contributed by atoms with Gasteiger partial charge >= 0.3 is 0 Å². The third-order valence-corrected chi connectivity index (χ3v) is 6.30. The molecule has 2 heterocycles. The molecule has 5 heteroatoms. The number of aromatic nitrogens is 2. The van der Waals surface area contributed by atoms with Crippen molar-refractivity contribution in [2.45, 2.75) is 13.5 Å². The van der Waals surface area contributed by atoms with Crippen LogP contribution in [0.4, 0.5) is 5.69 Å². The fourth-order valence-electron chi connectivity index (χ4n) is 3.34. The Morgan fingerprint density at radius 3 is 2.59 bits per heavy atom. The molecule has 3 nitrogen and oxygen atoms in total. The zero-order valence-electron chi connectivity index (χ0n) is 15.8. The van der Waals surface area contributed by atoms with Crippen molar-refractivity contribution < 1.29 is 0 Å². The summed E-state index contributed by atoms with van der Waals surface area (Å²) in [4.78, 5) is 9.25. The number of aryl methyl sites for hydroxylation is 1. The topological polar surface area (TPSA) is 37.8 Å². The van der Waals surface area contributed by atoms with E-state index in [0.29, 0.717) is 11.7 Å². The van der Waals surface area contributed by atoms with Crippen LogP contribution in [0, 0.1) is 6.92 Å². The zero-order chi connectivity index (χ0) is 19.8. The molecule has 0 saturated heterocycles. The van der Waals surface area contributed by atoms with E-state index >= 15 is 0 Å². The van der Waals surface area contributed by atoms with Crippen LogP contribution in [-0.2, 0) is 6.54 Å². The first kappa shape index (κ1) is 18.1. The van der Waals surface area contributed by atoms with Crippen molar-refractivity contribution in [1.82, 2.24) is 9.97 Å². The number of anilines is 1. The number of halogens is 1. The molecule has 0 unspecified atom stereocenters. The van der Waals surface area contributed by atoms with E-state index in [0.717, 1.165) is 38.2 Å². The smallest absolute Gasteiger partial charge is 0.134 e. The first-order valence-corrected chi connectivity index (χ1v) is 10.6. The minimum absolute atomic E-state index is 0.539. The van der Waals surface area contributed by atoms with E-state index in [2.05, 4.69) is 71.8 Å². The largest absolute Gasteiger partial charge is 0.381 e. The molecule has 0 amide bonds. The van der Waals surface area contributed by atoms with Crippen LogP contribution in [-0.4, -0.2) is 9.97 Å². The second kappa shape index (κ2) is 7.47. The summed E-state index contributed by atoms with van der Waals surface area (Å²) in [7, 11) is 0. The highest BCUT2D eigenvalue weighted by Crippen LogP contribution is 2.31. The van der Waals surface area contributed by atoms with Crippen LogP contribution in [0.5, 0.6) is 0 Å². The molecule has 0 spiro atoms. The van der Waals surface area contributed by atoms with E-state index < -0.39 is 0 Å². The Balaban J connectivity index is 1.34. The van der Waals surface area contributed by atoms with E-state index in [9.17, 15) is 0 Å². The lowest BCUT2D eigenvalue weighted by Gasteiger charge is -2.09. The van der Waals surface area contributed by atoms with E-state index in [-0.39, 0.29) is 0 Å². The van der Waals surface area contributed by atoms with E-state index in [1.54, 1.807) is 11.3 Å². The molecule has 2 aromatic heterocycles. The number of hydrogen-bond acceptors (Lipinski definition) is 4. The molecule has 0 saturated carbocycles. The third-order valence-electron chi connectivity index (χ3n) is 4.91. The van der Waals surface area contributed by atoms with Gasteiger partial charge in [0.2, 0.25) is 0 Å². The highest BCUT2D eigenvalue weighted by atomic mass is 35.5. The van der Waals surface area contributed by atoms with Crippen LogP contribution in [0.3, 0.4) is 0 Å². The van der Waals surface area contributed by atoms with Crippen molar-refractivity contribution in [3.05, 3.63) is 89.1 Å². The molecule has 5 aromatic rings. The van der Waals surface area contributed by atoms with E-state index in [4.69, 9.17) is 16.6 Å². The van der Waals surface area contributed by atoms with Gasteiger partial charge in [0.15, 0.2) is 0 Å². The van der Waals surface area contributed by atoms with Gasteiger partial charge in [-0.05, 0) is 61.0 Å². The Labute approximate surface area is 178 Å². The molecule has 0 bridgehead atoms. The van der Waals surface area contributed by atoms with Crippen LogP contribution in [0.2, 0.25) is 5.15 Å². The Morgan fingerprint density at radius 2 is 1.72 bits per heavy atom. The summed E-state index contributed by atoms with van der Waals surface area (Å²) in [5.41, 5.74) is 6.37. The van der Waals surface area contributed by atoms with Gasteiger partial charge in [-0.3, -0.25) is 0 Å². The SMILES string of the molecule is Cc1ccc2nc(-c3ccc(NCc4cc5ccccc5nc4Cl)cc3)sc2c1. The molecule has 0 radical (unpaired) electrons. The van der Waals surface area contributed by atoms with Gasteiger partial charge in [0.1, 0.15) is 10.2 Å². The van der Waals surface area contributed by atoms with Crippen LogP contribution in [0.1, 0.15) is 11.1 Å². The molecule has 142 valence electrons. The van der Waals surface area contributed by atoms with Crippen LogP contribution >= 0.6 is 22.9 Å². The number of fused-ring (bicyclic) bond motifs is 2. The van der Waals surface area contributed by atoms with Crippen LogP contribution in [0.25, 0.3) is 31.7 Å². The number of hydrogen-bond donors (Lipinski definition) is 1. The Bertz CT molecular complexity index is 1330. The summed E-state index contributed by atoms with van der Waals surface area (Å²) in [5, 5.41) is 6.11. The van der Waals surface area contributed by atoms with Crippen molar-refractivity contribution in [3.8, 4) is 10.6 Å². The molecule has 29 heavy (non-hydrogen) atoms. The number of thiazole rings is 1. The fraction of sp³-hybridized carbons (Fsp3) is 0.0833. The summed E-state index contributed by atoms with van der Waals surface area (Å²) in [6.45, 7) is 2.73. The zero-order valence-corrected chi connectivity index (χ0v) is 17.4. The van der Waals surface area contributed by atoms with Crippen molar-refractivity contribution in [1.29, 1.82) is 0 Å². The first-order valence-electron chi connectivity index (χ1n) is 9.41. The van der Waals surface area contributed by atoms with Gasteiger partial charge < -0.3 is 5.32 Å². The molecular weight excluding hydrogens is 398 g/mol. The molecule has 5 rings (SSSR count). The molecular formula is C24H18ClN3S.